The molecule has 0 aliphatic heterocycles. The molecule has 0 atom stereocenters. The summed E-state index contributed by atoms with van der Waals surface area (Å²) in [6, 6.07) is 0. The lowest BCUT2D eigenvalue weighted by molar-refractivity contribution is -0.862. The number of carbonyl (C=O) groups excluding carboxylic acids is 1. The zero-order valence-corrected chi connectivity index (χ0v) is 18.2. The Kier molecular flexibility index (Phi) is 17.0. The van der Waals surface area contributed by atoms with Gasteiger partial charge in [0.1, 0.15) is 0 Å². The van der Waals surface area contributed by atoms with Crippen LogP contribution in [0.4, 0.5) is 0 Å². The average Bonchev–Trinajstić information content (AvgIpc) is 2.56. The first kappa shape index (κ1) is 25.2. The second-order valence-electron chi connectivity index (χ2n) is 8.61. The maximum Gasteiger partial charge on any atom is 0.361 e. The topological polar surface area (TPSA) is 26.3 Å². The van der Waals surface area contributed by atoms with Gasteiger partial charge in [-0.05, 0) is 32.1 Å². The summed E-state index contributed by atoms with van der Waals surface area (Å²) in [7, 11) is 6.02. The fourth-order valence-electron chi connectivity index (χ4n) is 2.97. The van der Waals surface area contributed by atoms with Gasteiger partial charge in [0.15, 0.2) is 6.54 Å². The van der Waals surface area contributed by atoms with Crippen LogP contribution < -0.4 is 0 Å². The van der Waals surface area contributed by atoms with Crippen molar-refractivity contribution in [3.8, 4) is 0 Å². The van der Waals surface area contributed by atoms with E-state index in [9.17, 15) is 4.79 Å². The van der Waals surface area contributed by atoms with E-state index in [1.165, 1.54) is 83.5 Å². The van der Waals surface area contributed by atoms with Gasteiger partial charge in [0.05, 0.1) is 27.7 Å². The Morgan fingerprint density at radius 1 is 0.731 bits per heavy atom. The number of carbonyl (C=O) groups is 1. The van der Waals surface area contributed by atoms with E-state index in [2.05, 4.69) is 19.1 Å². The number of esters is 1. The minimum absolute atomic E-state index is 0.0785. The summed E-state index contributed by atoms with van der Waals surface area (Å²) >= 11 is 0. The summed E-state index contributed by atoms with van der Waals surface area (Å²) in [5, 5.41) is 0. The van der Waals surface area contributed by atoms with E-state index in [0.29, 0.717) is 17.6 Å². The Morgan fingerprint density at radius 2 is 1.19 bits per heavy atom. The Bertz CT molecular complexity index is 345. The second-order valence-corrected chi connectivity index (χ2v) is 8.61. The maximum absolute atomic E-state index is 11.6. The molecule has 0 aromatic heterocycles. The molecule has 0 spiro atoms. The quantitative estimate of drug-likeness (QED) is 0.123. The molecule has 0 bridgehead atoms. The van der Waals surface area contributed by atoms with Crippen LogP contribution in [0, 0.1) is 0 Å². The smallest absolute Gasteiger partial charge is 0.361 e. The molecule has 0 radical (unpaired) electrons. The molecule has 0 rings (SSSR count). The molecule has 0 unspecified atom stereocenters. The van der Waals surface area contributed by atoms with Gasteiger partial charge in [-0.1, -0.05) is 76.9 Å². The lowest BCUT2D eigenvalue weighted by Gasteiger charge is -2.22. The van der Waals surface area contributed by atoms with Crippen LogP contribution in [0.25, 0.3) is 0 Å². The van der Waals surface area contributed by atoms with Crippen molar-refractivity contribution < 1.29 is 14.0 Å². The predicted octanol–water partition coefficient (Wildman–Crippen LogP) is 6.27. The Morgan fingerprint density at radius 3 is 1.69 bits per heavy atom. The molecule has 0 saturated heterocycles. The molecular formula is C23H46NO2+. The minimum atomic E-state index is -0.0785. The molecule has 0 aromatic rings. The molecular weight excluding hydrogens is 322 g/mol. The lowest BCUT2D eigenvalue weighted by Crippen LogP contribution is -2.40. The number of likely N-dealkylation sites (N-methyl/N-ethyl adjacent to an activating group) is 1. The van der Waals surface area contributed by atoms with E-state index in [4.69, 9.17) is 4.74 Å². The van der Waals surface area contributed by atoms with E-state index in [0.717, 1.165) is 6.42 Å². The van der Waals surface area contributed by atoms with Gasteiger partial charge in [0.2, 0.25) is 0 Å². The van der Waals surface area contributed by atoms with Gasteiger partial charge in [-0.15, -0.1) is 0 Å². The summed E-state index contributed by atoms with van der Waals surface area (Å²) in [6.45, 7) is 3.31. The van der Waals surface area contributed by atoms with Crippen molar-refractivity contribution in [2.45, 2.75) is 96.8 Å². The summed E-state index contributed by atoms with van der Waals surface area (Å²) in [5.74, 6) is -0.0785. The monoisotopic (exact) mass is 368 g/mol. The largest absolute Gasteiger partial charge is 0.462 e. The first-order valence-electron chi connectivity index (χ1n) is 11.1. The fourth-order valence-corrected chi connectivity index (χ4v) is 2.97. The SMILES string of the molecule is CCCCCCCC/C=C/CCCCCCCCOC(=O)C[N+](C)(C)C. The Hall–Kier alpha value is -0.830. The van der Waals surface area contributed by atoms with Crippen molar-refractivity contribution in [2.75, 3.05) is 34.3 Å². The van der Waals surface area contributed by atoms with E-state index in [1.54, 1.807) is 0 Å². The average molecular weight is 369 g/mol. The number of allylic oxidation sites excluding steroid dienone is 2. The van der Waals surface area contributed by atoms with Crippen LogP contribution in [-0.4, -0.2) is 44.7 Å². The standard InChI is InChI=1S/C23H46NO2/c1-5-6-7-8-9-10-11-12-13-14-15-16-17-18-19-20-21-26-23(25)22-24(2,3)4/h12-13H,5-11,14-22H2,1-4H3/q+1/b13-12+. The summed E-state index contributed by atoms with van der Waals surface area (Å²) < 4.78 is 5.90. The lowest BCUT2D eigenvalue weighted by atomic mass is 10.1. The molecule has 0 aliphatic carbocycles. The molecule has 0 heterocycles. The molecule has 3 heteroatoms. The number of quaternary nitrogens is 1. The summed E-state index contributed by atoms with van der Waals surface area (Å²) in [6.07, 6.45) is 22.9. The van der Waals surface area contributed by atoms with Crippen LogP contribution in [0.2, 0.25) is 0 Å². The summed E-state index contributed by atoms with van der Waals surface area (Å²) in [4.78, 5) is 11.6. The van der Waals surface area contributed by atoms with Crippen molar-refractivity contribution in [3.05, 3.63) is 12.2 Å². The van der Waals surface area contributed by atoms with Crippen molar-refractivity contribution in [1.82, 2.24) is 0 Å². The van der Waals surface area contributed by atoms with Crippen LogP contribution in [-0.2, 0) is 9.53 Å². The highest BCUT2D eigenvalue weighted by Gasteiger charge is 2.14. The Balaban J connectivity index is 3.22. The normalized spacial score (nSPS) is 12.0. The highest BCUT2D eigenvalue weighted by atomic mass is 16.5. The minimum Gasteiger partial charge on any atom is -0.462 e. The van der Waals surface area contributed by atoms with Gasteiger partial charge in [-0.2, -0.15) is 0 Å². The first-order chi connectivity index (χ1) is 12.5. The molecule has 0 N–H and O–H groups in total. The van der Waals surface area contributed by atoms with E-state index < -0.39 is 0 Å². The van der Waals surface area contributed by atoms with Crippen LogP contribution in [0.15, 0.2) is 12.2 Å². The number of unbranched alkanes of at least 4 members (excludes halogenated alkanes) is 12. The van der Waals surface area contributed by atoms with Gasteiger partial charge < -0.3 is 9.22 Å². The van der Waals surface area contributed by atoms with Crippen molar-refractivity contribution in [1.29, 1.82) is 0 Å². The van der Waals surface area contributed by atoms with Crippen LogP contribution >= 0.6 is 0 Å². The molecule has 0 fully saturated rings. The number of ether oxygens (including phenoxy) is 1. The van der Waals surface area contributed by atoms with E-state index >= 15 is 0 Å². The molecule has 0 aliphatic rings. The third kappa shape index (κ3) is 21.2. The van der Waals surface area contributed by atoms with Gasteiger partial charge >= 0.3 is 5.97 Å². The van der Waals surface area contributed by atoms with Crippen LogP contribution in [0.3, 0.4) is 0 Å². The highest BCUT2D eigenvalue weighted by Crippen LogP contribution is 2.10. The van der Waals surface area contributed by atoms with Gasteiger partial charge in [0, 0.05) is 0 Å². The van der Waals surface area contributed by atoms with Crippen LogP contribution in [0.5, 0.6) is 0 Å². The fraction of sp³-hybridized carbons (Fsp3) is 0.870. The predicted molar refractivity (Wildman–Crippen MR) is 113 cm³/mol. The van der Waals surface area contributed by atoms with Gasteiger partial charge in [0.25, 0.3) is 0 Å². The second kappa shape index (κ2) is 17.6. The first-order valence-corrected chi connectivity index (χ1v) is 11.1. The summed E-state index contributed by atoms with van der Waals surface area (Å²) in [5.41, 5.74) is 0. The third-order valence-electron chi connectivity index (χ3n) is 4.52. The number of nitrogens with zero attached hydrogens (tertiary/aromatic N) is 1. The molecule has 26 heavy (non-hydrogen) atoms. The zero-order valence-electron chi connectivity index (χ0n) is 18.2. The molecule has 0 amide bonds. The number of rotatable bonds is 18. The zero-order chi connectivity index (χ0) is 19.5. The van der Waals surface area contributed by atoms with Crippen molar-refractivity contribution in [3.63, 3.8) is 0 Å². The van der Waals surface area contributed by atoms with Gasteiger partial charge in [-0.3, -0.25) is 0 Å². The Labute approximate surface area is 163 Å². The van der Waals surface area contributed by atoms with Crippen molar-refractivity contribution in [2.24, 2.45) is 0 Å². The van der Waals surface area contributed by atoms with Crippen LogP contribution in [0.1, 0.15) is 96.8 Å². The highest BCUT2D eigenvalue weighted by molar-refractivity contribution is 5.70. The van der Waals surface area contributed by atoms with Gasteiger partial charge in [-0.25, -0.2) is 4.79 Å². The van der Waals surface area contributed by atoms with E-state index in [1.807, 2.05) is 21.1 Å². The molecule has 0 aromatic carbocycles. The third-order valence-corrected chi connectivity index (χ3v) is 4.52. The molecule has 3 nitrogen and oxygen atoms in total. The molecule has 0 saturated carbocycles. The number of hydrogen-bond acceptors (Lipinski definition) is 2. The van der Waals surface area contributed by atoms with Crippen molar-refractivity contribution >= 4 is 5.97 Å². The molecule has 154 valence electrons. The maximum atomic E-state index is 11.6. The van der Waals surface area contributed by atoms with E-state index in [-0.39, 0.29) is 5.97 Å². The number of hydrogen-bond donors (Lipinski definition) is 0.